The molecule has 1 aromatic carbocycles. The van der Waals surface area contributed by atoms with Gasteiger partial charge in [0.15, 0.2) is 0 Å². The van der Waals surface area contributed by atoms with Crippen LogP contribution < -0.4 is 5.32 Å². The van der Waals surface area contributed by atoms with Crippen molar-refractivity contribution < 1.29 is 9.13 Å². The summed E-state index contributed by atoms with van der Waals surface area (Å²) in [5, 5.41) is 3.55. The lowest BCUT2D eigenvalue weighted by Crippen LogP contribution is -2.27. The zero-order valence-electron chi connectivity index (χ0n) is 11.0. The van der Waals surface area contributed by atoms with Crippen LogP contribution in [0, 0.1) is 11.7 Å². The van der Waals surface area contributed by atoms with Gasteiger partial charge in [0.05, 0.1) is 0 Å². The van der Waals surface area contributed by atoms with E-state index in [-0.39, 0.29) is 5.82 Å². The van der Waals surface area contributed by atoms with Gasteiger partial charge in [-0.15, -0.1) is 0 Å². The Balaban J connectivity index is 1.85. The molecule has 1 aliphatic carbocycles. The van der Waals surface area contributed by atoms with Gasteiger partial charge in [0.1, 0.15) is 5.82 Å². The summed E-state index contributed by atoms with van der Waals surface area (Å²) in [6.07, 6.45) is 4.54. The molecule has 0 saturated heterocycles. The molecular weight excluding hydrogens is 229 g/mol. The van der Waals surface area contributed by atoms with Gasteiger partial charge in [-0.25, -0.2) is 4.39 Å². The predicted molar refractivity (Wildman–Crippen MR) is 71.1 cm³/mol. The first-order chi connectivity index (χ1) is 8.78. The maximum Gasteiger partial charge on any atom is 0.123 e. The molecule has 100 valence electrons. The van der Waals surface area contributed by atoms with Crippen LogP contribution in [0.25, 0.3) is 0 Å². The van der Waals surface area contributed by atoms with E-state index in [4.69, 9.17) is 4.74 Å². The molecule has 2 nitrogen and oxygen atoms in total. The second-order valence-corrected chi connectivity index (χ2v) is 5.16. The molecular formula is C15H22FNO. The lowest BCUT2D eigenvalue weighted by atomic mass is 9.96. The minimum absolute atomic E-state index is 0.145. The highest BCUT2D eigenvalue weighted by atomic mass is 19.1. The third kappa shape index (κ3) is 4.75. The Morgan fingerprint density at radius 2 is 2.28 bits per heavy atom. The van der Waals surface area contributed by atoms with Crippen LogP contribution in [0.5, 0.6) is 0 Å². The Kier molecular flexibility index (Phi) is 5.14. The van der Waals surface area contributed by atoms with Crippen molar-refractivity contribution in [2.24, 2.45) is 5.92 Å². The van der Waals surface area contributed by atoms with Gasteiger partial charge in [-0.05, 0) is 55.8 Å². The largest absolute Gasteiger partial charge is 0.385 e. The summed E-state index contributed by atoms with van der Waals surface area (Å²) in [6, 6.07) is 7.64. The lowest BCUT2D eigenvalue weighted by molar-refractivity contribution is 0.176. The molecule has 0 spiro atoms. The molecule has 1 saturated carbocycles. The van der Waals surface area contributed by atoms with E-state index in [0.29, 0.717) is 5.92 Å². The third-order valence-electron chi connectivity index (χ3n) is 3.42. The number of hydrogen-bond donors (Lipinski definition) is 1. The maximum absolute atomic E-state index is 13.2. The number of rotatable bonds is 8. The molecule has 0 bridgehead atoms. The number of methoxy groups -OCH3 is 1. The van der Waals surface area contributed by atoms with E-state index in [2.05, 4.69) is 5.32 Å². The second-order valence-electron chi connectivity index (χ2n) is 5.16. The fourth-order valence-electron chi connectivity index (χ4n) is 2.18. The summed E-state index contributed by atoms with van der Waals surface area (Å²) >= 11 is 0. The van der Waals surface area contributed by atoms with Crippen LogP contribution in [-0.2, 0) is 11.2 Å². The van der Waals surface area contributed by atoms with E-state index >= 15 is 0 Å². The topological polar surface area (TPSA) is 21.3 Å². The molecule has 1 aromatic rings. The van der Waals surface area contributed by atoms with Crippen LogP contribution in [-0.4, -0.2) is 26.3 Å². The second kappa shape index (κ2) is 6.86. The summed E-state index contributed by atoms with van der Waals surface area (Å²) < 4.78 is 18.3. The summed E-state index contributed by atoms with van der Waals surface area (Å²) in [5.74, 6) is 0.375. The minimum atomic E-state index is -0.145. The highest BCUT2D eigenvalue weighted by molar-refractivity contribution is 5.17. The Bertz CT molecular complexity index is 365. The molecule has 0 aliphatic heterocycles. The van der Waals surface area contributed by atoms with Crippen molar-refractivity contribution in [1.29, 1.82) is 0 Å². The minimum Gasteiger partial charge on any atom is -0.385 e. The SMILES string of the molecule is COCCC(CNC1CC1)Cc1cccc(F)c1. The average Bonchev–Trinajstić information content (AvgIpc) is 3.17. The number of ether oxygens (including phenoxy) is 1. The number of benzene rings is 1. The van der Waals surface area contributed by atoms with E-state index in [9.17, 15) is 4.39 Å². The smallest absolute Gasteiger partial charge is 0.123 e. The van der Waals surface area contributed by atoms with E-state index in [0.717, 1.165) is 37.6 Å². The summed E-state index contributed by atoms with van der Waals surface area (Å²) in [6.45, 7) is 1.77. The fraction of sp³-hybridized carbons (Fsp3) is 0.600. The molecule has 0 amide bonds. The van der Waals surface area contributed by atoms with E-state index in [1.807, 2.05) is 6.07 Å². The van der Waals surface area contributed by atoms with Crippen LogP contribution in [0.15, 0.2) is 24.3 Å². The Morgan fingerprint density at radius 1 is 1.44 bits per heavy atom. The van der Waals surface area contributed by atoms with Crippen molar-refractivity contribution in [3.05, 3.63) is 35.6 Å². The number of nitrogens with one attached hydrogen (secondary N) is 1. The van der Waals surface area contributed by atoms with E-state index in [1.54, 1.807) is 19.2 Å². The van der Waals surface area contributed by atoms with Crippen molar-refractivity contribution in [2.45, 2.75) is 31.7 Å². The molecule has 1 aliphatic rings. The molecule has 1 N–H and O–H groups in total. The van der Waals surface area contributed by atoms with Gasteiger partial charge < -0.3 is 10.1 Å². The Morgan fingerprint density at radius 3 is 2.94 bits per heavy atom. The van der Waals surface area contributed by atoms with Gasteiger partial charge in [0.2, 0.25) is 0 Å². The van der Waals surface area contributed by atoms with Gasteiger partial charge in [-0.1, -0.05) is 12.1 Å². The Hall–Kier alpha value is -0.930. The lowest BCUT2D eigenvalue weighted by Gasteiger charge is -2.17. The average molecular weight is 251 g/mol. The third-order valence-corrected chi connectivity index (χ3v) is 3.42. The van der Waals surface area contributed by atoms with Crippen molar-refractivity contribution in [2.75, 3.05) is 20.3 Å². The first kappa shape index (κ1) is 13.5. The Labute approximate surface area is 109 Å². The van der Waals surface area contributed by atoms with Crippen molar-refractivity contribution in [1.82, 2.24) is 5.32 Å². The quantitative estimate of drug-likeness (QED) is 0.767. The molecule has 0 aromatic heterocycles. The van der Waals surface area contributed by atoms with Crippen LogP contribution in [0.3, 0.4) is 0 Å². The molecule has 3 heteroatoms. The zero-order valence-corrected chi connectivity index (χ0v) is 11.0. The molecule has 1 fully saturated rings. The van der Waals surface area contributed by atoms with Crippen LogP contribution >= 0.6 is 0 Å². The van der Waals surface area contributed by atoms with Gasteiger partial charge in [0, 0.05) is 19.8 Å². The summed E-state index contributed by atoms with van der Waals surface area (Å²) in [5.41, 5.74) is 1.08. The zero-order chi connectivity index (χ0) is 12.8. The highest BCUT2D eigenvalue weighted by Crippen LogP contribution is 2.20. The van der Waals surface area contributed by atoms with Gasteiger partial charge >= 0.3 is 0 Å². The van der Waals surface area contributed by atoms with E-state index in [1.165, 1.54) is 18.9 Å². The monoisotopic (exact) mass is 251 g/mol. The van der Waals surface area contributed by atoms with Crippen molar-refractivity contribution in [3.63, 3.8) is 0 Å². The first-order valence-electron chi connectivity index (χ1n) is 6.74. The van der Waals surface area contributed by atoms with Crippen LogP contribution in [0.2, 0.25) is 0 Å². The van der Waals surface area contributed by atoms with Crippen LogP contribution in [0.4, 0.5) is 4.39 Å². The normalized spacial score (nSPS) is 16.8. The number of halogens is 1. The maximum atomic E-state index is 13.2. The molecule has 18 heavy (non-hydrogen) atoms. The van der Waals surface area contributed by atoms with Crippen LogP contribution in [0.1, 0.15) is 24.8 Å². The molecule has 2 rings (SSSR count). The fourth-order valence-corrected chi connectivity index (χ4v) is 2.18. The molecule has 0 heterocycles. The summed E-state index contributed by atoms with van der Waals surface area (Å²) in [7, 11) is 1.73. The van der Waals surface area contributed by atoms with Gasteiger partial charge in [-0.2, -0.15) is 0 Å². The molecule has 1 unspecified atom stereocenters. The van der Waals surface area contributed by atoms with Gasteiger partial charge in [0.25, 0.3) is 0 Å². The summed E-state index contributed by atoms with van der Waals surface area (Å²) in [4.78, 5) is 0. The highest BCUT2D eigenvalue weighted by Gasteiger charge is 2.21. The molecule has 0 radical (unpaired) electrons. The van der Waals surface area contributed by atoms with Crippen molar-refractivity contribution in [3.8, 4) is 0 Å². The van der Waals surface area contributed by atoms with Gasteiger partial charge in [-0.3, -0.25) is 0 Å². The first-order valence-corrected chi connectivity index (χ1v) is 6.74. The van der Waals surface area contributed by atoms with E-state index < -0.39 is 0 Å². The number of hydrogen-bond acceptors (Lipinski definition) is 2. The predicted octanol–water partition coefficient (Wildman–Crippen LogP) is 2.77. The van der Waals surface area contributed by atoms with Crippen molar-refractivity contribution >= 4 is 0 Å². The molecule has 1 atom stereocenters. The standard InChI is InChI=1S/C15H22FNO/c1-18-8-7-13(11-17-15-5-6-15)9-12-3-2-4-14(16)10-12/h2-4,10,13,15,17H,5-9,11H2,1H3.